The van der Waals surface area contributed by atoms with Gasteiger partial charge in [-0.1, -0.05) is 38.0 Å². The fourth-order valence-electron chi connectivity index (χ4n) is 2.46. The Labute approximate surface area is 135 Å². The second-order valence-corrected chi connectivity index (χ2v) is 5.55. The summed E-state index contributed by atoms with van der Waals surface area (Å²) >= 11 is 0. The van der Waals surface area contributed by atoms with Crippen LogP contribution in [-0.2, 0) is 11.4 Å². The van der Waals surface area contributed by atoms with Crippen LogP contribution in [-0.4, -0.2) is 31.3 Å². The minimum atomic E-state index is -0.931. The van der Waals surface area contributed by atoms with Crippen molar-refractivity contribution >= 4 is 5.97 Å². The molecule has 0 aliphatic heterocycles. The summed E-state index contributed by atoms with van der Waals surface area (Å²) in [6.45, 7) is 6.08. The van der Waals surface area contributed by atoms with Gasteiger partial charge in [0.1, 0.15) is 12.4 Å². The minimum Gasteiger partial charge on any atom is -0.485 e. The zero-order valence-corrected chi connectivity index (χ0v) is 13.7. The Hall–Kier alpha value is -2.44. The van der Waals surface area contributed by atoms with Crippen molar-refractivity contribution in [2.24, 2.45) is 0 Å². The zero-order chi connectivity index (χ0) is 16.8. The molecular weight excluding hydrogens is 296 g/mol. The van der Waals surface area contributed by atoms with Gasteiger partial charge in [0.15, 0.2) is 11.9 Å². The van der Waals surface area contributed by atoms with Crippen molar-refractivity contribution < 1.29 is 14.6 Å². The number of ether oxygens (including phenoxy) is 1. The molecule has 124 valence electrons. The molecule has 2 rings (SSSR count). The van der Waals surface area contributed by atoms with Crippen molar-refractivity contribution in [3.05, 3.63) is 35.2 Å². The number of carboxylic acid groups (broad SMARTS) is 1. The molecule has 1 aromatic heterocycles. The molecule has 0 saturated heterocycles. The summed E-state index contributed by atoms with van der Waals surface area (Å²) in [6.07, 6.45) is 2.21. The molecule has 0 amide bonds. The molecule has 23 heavy (non-hydrogen) atoms. The average Bonchev–Trinajstić information content (AvgIpc) is 2.95. The number of nitrogens with zero attached hydrogens (tertiary/aromatic N) is 4. The topological polar surface area (TPSA) is 90.1 Å². The number of rotatable bonds is 8. The maximum Gasteiger partial charge on any atom is 0.328 e. The van der Waals surface area contributed by atoms with E-state index in [0.29, 0.717) is 12.2 Å². The van der Waals surface area contributed by atoms with Crippen LogP contribution in [0.4, 0.5) is 0 Å². The van der Waals surface area contributed by atoms with E-state index in [0.717, 1.165) is 29.7 Å². The number of carboxylic acids is 1. The van der Waals surface area contributed by atoms with Crippen LogP contribution >= 0.6 is 0 Å². The largest absolute Gasteiger partial charge is 0.485 e. The monoisotopic (exact) mass is 318 g/mol. The van der Waals surface area contributed by atoms with Crippen LogP contribution in [0.3, 0.4) is 0 Å². The van der Waals surface area contributed by atoms with Crippen LogP contribution in [0.15, 0.2) is 18.2 Å². The molecule has 1 atom stereocenters. The number of aliphatic carboxylic acids is 1. The van der Waals surface area contributed by atoms with Gasteiger partial charge < -0.3 is 9.84 Å². The second kappa shape index (κ2) is 7.71. The summed E-state index contributed by atoms with van der Waals surface area (Å²) in [5.74, 6) is 0.262. The molecule has 2 aromatic rings. The first-order valence-electron chi connectivity index (χ1n) is 7.73. The van der Waals surface area contributed by atoms with Crippen LogP contribution in [0.2, 0.25) is 0 Å². The highest BCUT2D eigenvalue weighted by Gasteiger charge is 2.24. The van der Waals surface area contributed by atoms with E-state index in [1.165, 1.54) is 4.68 Å². The van der Waals surface area contributed by atoms with Gasteiger partial charge in [-0.15, -0.1) is 5.10 Å². The fourth-order valence-corrected chi connectivity index (χ4v) is 2.46. The van der Waals surface area contributed by atoms with Crippen molar-refractivity contribution in [3.8, 4) is 5.75 Å². The molecule has 7 heteroatoms. The first-order chi connectivity index (χ1) is 11.0. The van der Waals surface area contributed by atoms with Crippen LogP contribution in [0.25, 0.3) is 0 Å². The third kappa shape index (κ3) is 4.06. The summed E-state index contributed by atoms with van der Waals surface area (Å²) in [7, 11) is 0. The zero-order valence-electron chi connectivity index (χ0n) is 13.7. The van der Waals surface area contributed by atoms with Gasteiger partial charge in [0, 0.05) is 0 Å². The summed E-state index contributed by atoms with van der Waals surface area (Å²) in [5, 5.41) is 20.8. The van der Waals surface area contributed by atoms with E-state index in [2.05, 4.69) is 15.5 Å². The van der Waals surface area contributed by atoms with Crippen molar-refractivity contribution in [1.82, 2.24) is 20.2 Å². The van der Waals surface area contributed by atoms with Crippen LogP contribution in [0, 0.1) is 13.8 Å². The molecule has 0 saturated carbocycles. The predicted molar refractivity (Wildman–Crippen MR) is 84.3 cm³/mol. The first kappa shape index (κ1) is 16.9. The Bertz CT molecular complexity index is 649. The highest BCUT2D eigenvalue weighted by molar-refractivity contribution is 5.71. The number of aryl methyl sites for hydroxylation is 2. The molecule has 0 fully saturated rings. The Balaban J connectivity index is 2.16. The van der Waals surface area contributed by atoms with Gasteiger partial charge >= 0.3 is 5.97 Å². The van der Waals surface area contributed by atoms with E-state index in [-0.39, 0.29) is 6.61 Å². The molecule has 0 aliphatic rings. The maximum absolute atomic E-state index is 11.5. The van der Waals surface area contributed by atoms with Gasteiger partial charge in [-0.3, -0.25) is 0 Å². The third-order valence-electron chi connectivity index (χ3n) is 3.73. The summed E-state index contributed by atoms with van der Waals surface area (Å²) < 4.78 is 7.18. The lowest BCUT2D eigenvalue weighted by Crippen LogP contribution is -2.23. The highest BCUT2D eigenvalue weighted by atomic mass is 16.5. The number of hydrogen-bond acceptors (Lipinski definition) is 5. The van der Waals surface area contributed by atoms with Gasteiger partial charge in [-0.2, -0.15) is 0 Å². The van der Waals surface area contributed by atoms with E-state index in [4.69, 9.17) is 4.74 Å². The smallest absolute Gasteiger partial charge is 0.328 e. The molecule has 1 N–H and O–H groups in total. The third-order valence-corrected chi connectivity index (χ3v) is 3.73. The van der Waals surface area contributed by atoms with Crippen LogP contribution in [0.1, 0.15) is 49.2 Å². The van der Waals surface area contributed by atoms with Crippen molar-refractivity contribution in [2.45, 2.75) is 52.7 Å². The van der Waals surface area contributed by atoms with Crippen LogP contribution < -0.4 is 4.74 Å². The van der Waals surface area contributed by atoms with Gasteiger partial charge in [-0.25, -0.2) is 9.48 Å². The SMILES string of the molecule is CCCCC(C(=O)O)n1nnnc1COc1c(C)cccc1C. The number of hydrogen-bond donors (Lipinski definition) is 1. The highest BCUT2D eigenvalue weighted by Crippen LogP contribution is 2.24. The van der Waals surface area contributed by atoms with Crippen LogP contribution in [0.5, 0.6) is 5.75 Å². The fraction of sp³-hybridized carbons (Fsp3) is 0.500. The minimum absolute atomic E-state index is 0.134. The van der Waals surface area contributed by atoms with E-state index in [9.17, 15) is 9.90 Å². The molecule has 0 bridgehead atoms. The molecule has 0 aliphatic carbocycles. The quantitative estimate of drug-likeness (QED) is 0.805. The molecule has 1 unspecified atom stereocenters. The normalized spacial score (nSPS) is 12.1. The van der Waals surface area contributed by atoms with Crippen molar-refractivity contribution in [1.29, 1.82) is 0 Å². The van der Waals surface area contributed by atoms with E-state index in [1.54, 1.807) is 0 Å². The summed E-state index contributed by atoms with van der Waals surface area (Å²) in [5.41, 5.74) is 2.04. The number of benzene rings is 1. The number of carbonyl (C=O) groups is 1. The first-order valence-corrected chi connectivity index (χ1v) is 7.73. The molecule has 0 radical (unpaired) electrons. The van der Waals surface area contributed by atoms with E-state index in [1.807, 2.05) is 39.0 Å². The molecule has 0 spiro atoms. The van der Waals surface area contributed by atoms with Gasteiger partial charge in [0.2, 0.25) is 0 Å². The Morgan fingerprint density at radius 3 is 2.65 bits per heavy atom. The number of unbranched alkanes of at least 4 members (excludes halogenated alkanes) is 1. The summed E-state index contributed by atoms with van der Waals surface area (Å²) in [4.78, 5) is 11.5. The summed E-state index contributed by atoms with van der Waals surface area (Å²) in [6, 6.07) is 5.13. The number of para-hydroxylation sites is 1. The molecule has 1 aromatic carbocycles. The average molecular weight is 318 g/mol. The Morgan fingerprint density at radius 1 is 1.35 bits per heavy atom. The van der Waals surface area contributed by atoms with Gasteiger partial charge in [0.05, 0.1) is 0 Å². The van der Waals surface area contributed by atoms with Gasteiger partial charge in [0.25, 0.3) is 0 Å². The van der Waals surface area contributed by atoms with Crippen molar-refractivity contribution in [3.63, 3.8) is 0 Å². The molecular formula is C16H22N4O3. The van der Waals surface area contributed by atoms with Crippen molar-refractivity contribution in [2.75, 3.05) is 0 Å². The number of tetrazole rings is 1. The lowest BCUT2D eigenvalue weighted by molar-refractivity contribution is -0.141. The van der Waals surface area contributed by atoms with E-state index >= 15 is 0 Å². The lowest BCUT2D eigenvalue weighted by atomic mass is 10.1. The second-order valence-electron chi connectivity index (χ2n) is 5.55. The predicted octanol–water partition coefficient (Wildman–Crippen LogP) is 2.68. The van der Waals surface area contributed by atoms with E-state index < -0.39 is 12.0 Å². The Kier molecular flexibility index (Phi) is 5.67. The maximum atomic E-state index is 11.5. The lowest BCUT2D eigenvalue weighted by Gasteiger charge is -2.15. The number of aromatic nitrogens is 4. The molecule has 7 nitrogen and oxygen atoms in total. The molecule has 1 heterocycles. The van der Waals surface area contributed by atoms with Gasteiger partial charge in [-0.05, 0) is 41.8 Å². The standard InChI is InChI=1S/C16H22N4O3/c1-4-5-9-13(16(21)22)20-14(17-18-19-20)10-23-15-11(2)7-6-8-12(15)3/h6-8,13H,4-5,9-10H2,1-3H3,(H,21,22). The Morgan fingerprint density at radius 2 is 2.04 bits per heavy atom.